The molecule has 0 aliphatic heterocycles. The molecule has 2 rings (SSSR count). The highest BCUT2D eigenvalue weighted by Crippen LogP contribution is 2.16. The lowest BCUT2D eigenvalue weighted by Crippen LogP contribution is -2.04. The number of rotatable bonds is 3. The summed E-state index contributed by atoms with van der Waals surface area (Å²) in [4.78, 5) is 11.6. The van der Waals surface area contributed by atoms with Crippen LogP contribution in [-0.4, -0.2) is 12.6 Å². The van der Waals surface area contributed by atoms with E-state index in [0.29, 0.717) is 5.56 Å². The predicted octanol–water partition coefficient (Wildman–Crippen LogP) is 3.18. The van der Waals surface area contributed by atoms with Crippen LogP contribution in [0, 0.1) is 0 Å². The van der Waals surface area contributed by atoms with Crippen LogP contribution in [0.5, 0.6) is 0 Å². The molecular weight excluding hydrogens is 200 g/mol. The minimum absolute atomic E-state index is 0.242. The van der Waals surface area contributed by atoms with Gasteiger partial charge in [-0.3, -0.25) is 0 Å². The second-order valence-electron chi connectivity index (χ2n) is 3.45. The molecule has 0 heterocycles. The van der Waals surface area contributed by atoms with Crippen molar-refractivity contribution in [3.05, 3.63) is 60.7 Å². The Labute approximate surface area is 94.2 Å². The Balaban J connectivity index is 2.32. The van der Waals surface area contributed by atoms with Crippen molar-refractivity contribution < 1.29 is 9.53 Å². The van der Waals surface area contributed by atoms with Crippen LogP contribution >= 0.6 is 0 Å². The van der Waals surface area contributed by atoms with E-state index in [1.165, 1.54) is 0 Å². The van der Waals surface area contributed by atoms with Gasteiger partial charge >= 0.3 is 5.97 Å². The fourth-order valence-electron chi connectivity index (χ4n) is 1.53. The number of hydrogen-bond donors (Lipinski definition) is 0. The molecule has 0 aliphatic carbocycles. The molecule has 2 heteroatoms. The summed E-state index contributed by atoms with van der Waals surface area (Å²) in [5.74, 6) is -0.314. The van der Waals surface area contributed by atoms with Gasteiger partial charge in [0, 0.05) is 0 Å². The maximum Gasteiger partial charge on any atom is 0.338 e. The zero-order valence-corrected chi connectivity index (χ0v) is 8.85. The molecule has 0 saturated carbocycles. The fraction of sp³-hybridized carbons (Fsp3) is 0.0714. The molecule has 2 aromatic rings. The molecule has 0 unspecified atom stereocenters. The molecule has 0 bridgehead atoms. The van der Waals surface area contributed by atoms with Crippen molar-refractivity contribution in [1.82, 2.24) is 0 Å². The summed E-state index contributed by atoms with van der Waals surface area (Å²) in [5.41, 5.74) is 0.570. The first-order valence-electron chi connectivity index (χ1n) is 5.08. The van der Waals surface area contributed by atoms with E-state index in [1.54, 1.807) is 12.1 Å². The van der Waals surface area contributed by atoms with E-state index in [0.717, 1.165) is 10.8 Å². The van der Waals surface area contributed by atoms with Crippen LogP contribution in [0.4, 0.5) is 0 Å². The number of benzene rings is 2. The summed E-state index contributed by atoms with van der Waals surface area (Å²) < 4.78 is 4.97. The van der Waals surface area contributed by atoms with Gasteiger partial charge in [0.05, 0.1) is 5.56 Å². The van der Waals surface area contributed by atoms with Crippen LogP contribution in [0.15, 0.2) is 55.1 Å². The van der Waals surface area contributed by atoms with Gasteiger partial charge in [0.15, 0.2) is 0 Å². The van der Waals surface area contributed by atoms with E-state index in [1.807, 2.05) is 36.4 Å². The molecule has 0 aromatic heterocycles. The molecule has 0 saturated heterocycles. The van der Waals surface area contributed by atoms with E-state index >= 15 is 0 Å². The quantitative estimate of drug-likeness (QED) is 0.577. The average Bonchev–Trinajstić information content (AvgIpc) is 2.35. The summed E-state index contributed by atoms with van der Waals surface area (Å²) in [6.07, 6.45) is 1.55. The fourth-order valence-corrected chi connectivity index (χ4v) is 1.53. The Bertz CT molecular complexity index is 529. The number of hydrogen-bond acceptors (Lipinski definition) is 2. The molecule has 16 heavy (non-hydrogen) atoms. The first-order chi connectivity index (χ1) is 7.81. The van der Waals surface area contributed by atoms with Crippen molar-refractivity contribution >= 4 is 16.7 Å². The van der Waals surface area contributed by atoms with Gasteiger partial charge in [0.1, 0.15) is 6.61 Å². The van der Waals surface area contributed by atoms with Crippen LogP contribution in [0.1, 0.15) is 10.4 Å². The Morgan fingerprint density at radius 3 is 2.69 bits per heavy atom. The van der Waals surface area contributed by atoms with Crippen molar-refractivity contribution in [3.63, 3.8) is 0 Å². The molecule has 0 radical (unpaired) electrons. The zero-order chi connectivity index (χ0) is 11.4. The summed E-state index contributed by atoms with van der Waals surface area (Å²) in [5, 5.41) is 2.15. The van der Waals surface area contributed by atoms with E-state index < -0.39 is 0 Å². The standard InChI is InChI=1S/C14H12O2/c1-2-9-16-14(15)13-8-7-11-5-3-4-6-12(11)10-13/h2-8,10H,1,9H2. The molecule has 0 fully saturated rings. The SMILES string of the molecule is C=CCOC(=O)c1ccc2ccccc2c1. The van der Waals surface area contributed by atoms with Crippen LogP contribution in [0.25, 0.3) is 10.8 Å². The molecule has 0 aliphatic rings. The van der Waals surface area contributed by atoms with Gasteiger partial charge in [-0.2, -0.15) is 0 Å². The lowest BCUT2D eigenvalue weighted by molar-refractivity contribution is 0.0550. The third-order valence-corrected chi connectivity index (χ3v) is 2.32. The molecule has 0 N–H and O–H groups in total. The number of esters is 1. The van der Waals surface area contributed by atoms with Gasteiger partial charge in [0.2, 0.25) is 0 Å². The van der Waals surface area contributed by atoms with E-state index in [-0.39, 0.29) is 12.6 Å². The van der Waals surface area contributed by atoms with Crippen LogP contribution in [0.3, 0.4) is 0 Å². The first-order valence-corrected chi connectivity index (χ1v) is 5.08. The summed E-state index contributed by atoms with van der Waals surface area (Å²) in [6, 6.07) is 13.4. The summed E-state index contributed by atoms with van der Waals surface area (Å²) >= 11 is 0. The maximum atomic E-state index is 11.6. The van der Waals surface area contributed by atoms with Gasteiger partial charge in [-0.05, 0) is 22.9 Å². The van der Waals surface area contributed by atoms with Crippen molar-refractivity contribution in [2.24, 2.45) is 0 Å². The Hall–Kier alpha value is -2.09. The normalized spacial score (nSPS) is 10.0. The van der Waals surface area contributed by atoms with Crippen LogP contribution in [-0.2, 0) is 4.74 Å². The third kappa shape index (κ3) is 2.11. The van der Waals surface area contributed by atoms with Gasteiger partial charge in [-0.25, -0.2) is 4.79 Å². The highest BCUT2D eigenvalue weighted by molar-refractivity contribution is 5.95. The lowest BCUT2D eigenvalue weighted by atomic mass is 10.1. The van der Waals surface area contributed by atoms with Crippen LogP contribution in [0.2, 0.25) is 0 Å². The minimum atomic E-state index is -0.314. The van der Waals surface area contributed by atoms with Crippen molar-refractivity contribution in [1.29, 1.82) is 0 Å². The first kappa shape index (κ1) is 10.4. The van der Waals surface area contributed by atoms with Crippen molar-refractivity contribution in [3.8, 4) is 0 Å². The highest BCUT2D eigenvalue weighted by atomic mass is 16.5. The maximum absolute atomic E-state index is 11.6. The minimum Gasteiger partial charge on any atom is -0.458 e. The molecule has 2 aromatic carbocycles. The molecular formula is C14H12O2. The van der Waals surface area contributed by atoms with Gasteiger partial charge in [0.25, 0.3) is 0 Å². The molecule has 2 nitrogen and oxygen atoms in total. The molecule has 80 valence electrons. The average molecular weight is 212 g/mol. The Morgan fingerprint density at radius 1 is 1.19 bits per heavy atom. The van der Waals surface area contributed by atoms with Crippen molar-refractivity contribution in [2.45, 2.75) is 0 Å². The molecule has 0 atom stereocenters. The number of ether oxygens (including phenoxy) is 1. The second kappa shape index (κ2) is 4.62. The monoisotopic (exact) mass is 212 g/mol. The summed E-state index contributed by atoms with van der Waals surface area (Å²) in [7, 11) is 0. The van der Waals surface area contributed by atoms with Gasteiger partial charge < -0.3 is 4.74 Å². The smallest absolute Gasteiger partial charge is 0.338 e. The highest BCUT2D eigenvalue weighted by Gasteiger charge is 2.06. The third-order valence-electron chi connectivity index (χ3n) is 2.32. The predicted molar refractivity (Wildman–Crippen MR) is 64.4 cm³/mol. The van der Waals surface area contributed by atoms with E-state index in [9.17, 15) is 4.79 Å². The van der Waals surface area contributed by atoms with Crippen LogP contribution < -0.4 is 0 Å². The zero-order valence-electron chi connectivity index (χ0n) is 8.85. The summed E-state index contributed by atoms with van der Waals surface area (Å²) in [6.45, 7) is 3.74. The number of carbonyl (C=O) groups is 1. The lowest BCUT2D eigenvalue weighted by Gasteiger charge is -2.03. The Kier molecular flexibility index (Phi) is 3.01. The molecule has 0 spiro atoms. The van der Waals surface area contributed by atoms with Gasteiger partial charge in [-0.1, -0.05) is 43.0 Å². The van der Waals surface area contributed by atoms with E-state index in [2.05, 4.69) is 6.58 Å². The second-order valence-corrected chi connectivity index (χ2v) is 3.45. The molecule has 0 amide bonds. The Morgan fingerprint density at radius 2 is 1.94 bits per heavy atom. The van der Waals surface area contributed by atoms with Gasteiger partial charge in [-0.15, -0.1) is 0 Å². The largest absolute Gasteiger partial charge is 0.458 e. The topological polar surface area (TPSA) is 26.3 Å². The van der Waals surface area contributed by atoms with Crippen molar-refractivity contribution in [2.75, 3.05) is 6.61 Å². The number of carbonyl (C=O) groups excluding carboxylic acids is 1. The number of fused-ring (bicyclic) bond motifs is 1. The van der Waals surface area contributed by atoms with E-state index in [4.69, 9.17) is 4.74 Å².